The minimum atomic E-state index is -3.64. The molecule has 0 aliphatic carbocycles. The summed E-state index contributed by atoms with van der Waals surface area (Å²) < 4.78 is 23.6. The molecule has 1 amide bonds. The van der Waals surface area contributed by atoms with Crippen LogP contribution in [0.3, 0.4) is 0 Å². The maximum atomic E-state index is 12.1. The number of nitrogens with one attached hydrogen (secondary N) is 1. The van der Waals surface area contributed by atoms with Crippen molar-refractivity contribution in [3.05, 3.63) is 29.6 Å². The highest BCUT2D eigenvalue weighted by Gasteiger charge is 2.29. The number of carbonyl (C=O) groups is 1. The van der Waals surface area contributed by atoms with Crippen LogP contribution in [-0.4, -0.2) is 36.7 Å². The fraction of sp³-hybridized carbons (Fsp3) is 0.538. The van der Waals surface area contributed by atoms with Gasteiger partial charge in [-0.25, -0.2) is 5.14 Å². The van der Waals surface area contributed by atoms with E-state index in [4.69, 9.17) is 5.14 Å². The van der Waals surface area contributed by atoms with E-state index in [0.717, 1.165) is 11.3 Å². The fourth-order valence-corrected chi connectivity index (χ4v) is 3.11. The number of aromatic nitrogens is 1. The minimum absolute atomic E-state index is 0.0610. The monoisotopic (exact) mass is 312 g/mol. The molecule has 0 atom stereocenters. The molecule has 1 fully saturated rings. The first-order chi connectivity index (χ1) is 9.88. The zero-order valence-corrected chi connectivity index (χ0v) is 12.8. The average Bonchev–Trinajstić information content (AvgIpc) is 2.45. The molecule has 1 aromatic heterocycles. The third-order valence-corrected chi connectivity index (χ3v) is 4.82. The number of nitrogens with zero attached hydrogens (tertiary/aromatic N) is 2. The zero-order chi connectivity index (χ0) is 15.5. The highest BCUT2D eigenvalue weighted by molar-refractivity contribution is 7.86. The molecule has 8 heteroatoms. The number of nitrogens with two attached hydrogens (primary N) is 1. The van der Waals surface area contributed by atoms with Crippen LogP contribution in [0.1, 0.15) is 24.1 Å². The van der Waals surface area contributed by atoms with Crippen molar-refractivity contribution in [2.75, 3.05) is 13.1 Å². The number of piperidine rings is 1. The molecule has 0 unspecified atom stereocenters. The lowest BCUT2D eigenvalue weighted by Gasteiger charge is -2.29. The number of hydrogen-bond donors (Lipinski definition) is 2. The van der Waals surface area contributed by atoms with Crippen LogP contribution in [0.4, 0.5) is 0 Å². The summed E-state index contributed by atoms with van der Waals surface area (Å²) in [5.41, 5.74) is 1.87. The van der Waals surface area contributed by atoms with Crippen molar-refractivity contribution in [2.45, 2.75) is 26.3 Å². The Bertz CT molecular complexity index is 610. The van der Waals surface area contributed by atoms with Gasteiger partial charge in [-0.05, 0) is 31.4 Å². The lowest BCUT2D eigenvalue weighted by atomic mass is 9.97. The lowest BCUT2D eigenvalue weighted by molar-refractivity contribution is -0.126. The highest BCUT2D eigenvalue weighted by atomic mass is 32.2. The molecule has 0 bridgehead atoms. The Labute approximate surface area is 124 Å². The summed E-state index contributed by atoms with van der Waals surface area (Å²) >= 11 is 0. The first-order valence-corrected chi connectivity index (χ1v) is 8.34. The quantitative estimate of drug-likeness (QED) is 0.811. The molecule has 7 nitrogen and oxygen atoms in total. The van der Waals surface area contributed by atoms with E-state index in [0.29, 0.717) is 32.5 Å². The zero-order valence-electron chi connectivity index (χ0n) is 11.9. The van der Waals surface area contributed by atoms with Gasteiger partial charge in [-0.2, -0.15) is 12.7 Å². The van der Waals surface area contributed by atoms with E-state index < -0.39 is 10.2 Å². The van der Waals surface area contributed by atoms with Crippen LogP contribution < -0.4 is 10.5 Å². The van der Waals surface area contributed by atoms with Crippen LogP contribution in [0, 0.1) is 12.8 Å². The second-order valence-electron chi connectivity index (χ2n) is 5.20. The number of amides is 1. The third kappa shape index (κ3) is 4.23. The molecule has 2 rings (SSSR count). The van der Waals surface area contributed by atoms with E-state index >= 15 is 0 Å². The smallest absolute Gasteiger partial charge is 0.276 e. The molecule has 0 saturated carbocycles. The Kier molecular flexibility index (Phi) is 4.92. The van der Waals surface area contributed by atoms with Crippen LogP contribution in [0.5, 0.6) is 0 Å². The van der Waals surface area contributed by atoms with E-state index in [1.165, 1.54) is 4.31 Å². The van der Waals surface area contributed by atoms with Crippen LogP contribution in [0.25, 0.3) is 0 Å². The molecular formula is C13H20N4O3S. The first-order valence-electron chi connectivity index (χ1n) is 6.84. The second kappa shape index (κ2) is 6.50. The average molecular weight is 312 g/mol. The Morgan fingerprint density at radius 2 is 2.14 bits per heavy atom. The van der Waals surface area contributed by atoms with E-state index in [1.807, 2.05) is 19.1 Å². The van der Waals surface area contributed by atoms with Crippen molar-refractivity contribution in [3.8, 4) is 0 Å². The SMILES string of the molecule is Cc1cccnc1CNC(=O)C1CCN(S(N)(=O)=O)CC1. The largest absolute Gasteiger partial charge is 0.350 e. The van der Waals surface area contributed by atoms with Gasteiger partial charge in [-0.15, -0.1) is 0 Å². The summed E-state index contributed by atoms with van der Waals surface area (Å²) in [6, 6.07) is 3.79. The van der Waals surface area contributed by atoms with Gasteiger partial charge in [0.05, 0.1) is 12.2 Å². The van der Waals surface area contributed by atoms with Gasteiger partial charge in [0.25, 0.3) is 10.2 Å². The van der Waals surface area contributed by atoms with Gasteiger partial charge in [-0.3, -0.25) is 9.78 Å². The van der Waals surface area contributed by atoms with Crippen molar-refractivity contribution >= 4 is 16.1 Å². The molecular weight excluding hydrogens is 292 g/mol. The summed E-state index contributed by atoms with van der Waals surface area (Å²) in [7, 11) is -3.64. The van der Waals surface area contributed by atoms with Crippen LogP contribution >= 0.6 is 0 Å². The van der Waals surface area contributed by atoms with E-state index in [-0.39, 0.29) is 11.8 Å². The van der Waals surface area contributed by atoms with Gasteiger partial charge in [0, 0.05) is 25.2 Å². The molecule has 0 spiro atoms. The van der Waals surface area contributed by atoms with Gasteiger partial charge in [0.1, 0.15) is 0 Å². The molecule has 1 aliphatic rings. The summed E-state index contributed by atoms with van der Waals surface area (Å²) in [4.78, 5) is 16.3. The topological polar surface area (TPSA) is 105 Å². The molecule has 1 aliphatic heterocycles. The van der Waals surface area contributed by atoms with E-state index in [9.17, 15) is 13.2 Å². The Morgan fingerprint density at radius 1 is 1.48 bits per heavy atom. The summed E-state index contributed by atoms with van der Waals surface area (Å²) in [5.74, 6) is -0.235. The molecule has 3 N–H and O–H groups in total. The van der Waals surface area contributed by atoms with Gasteiger partial charge in [0.15, 0.2) is 0 Å². The molecule has 0 radical (unpaired) electrons. The van der Waals surface area contributed by atoms with Crippen molar-refractivity contribution < 1.29 is 13.2 Å². The van der Waals surface area contributed by atoms with E-state index in [1.54, 1.807) is 6.20 Å². The minimum Gasteiger partial charge on any atom is -0.350 e. The van der Waals surface area contributed by atoms with Gasteiger partial charge >= 0.3 is 0 Å². The Balaban J connectivity index is 1.84. The first kappa shape index (κ1) is 15.9. The predicted molar refractivity (Wildman–Crippen MR) is 78.2 cm³/mol. The second-order valence-corrected chi connectivity index (χ2v) is 6.75. The molecule has 1 aromatic rings. The van der Waals surface area contributed by atoms with E-state index in [2.05, 4.69) is 10.3 Å². The summed E-state index contributed by atoms with van der Waals surface area (Å²) in [5, 5.41) is 7.93. The third-order valence-electron chi connectivity index (χ3n) is 3.73. The number of rotatable bonds is 4. The van der Waals surface area contributed by atoms with Crippen LogP contribution in [0.2, 0.25) is 0 Å². The number of aryl methyl sites for hydroxylation is 1. The highest BCUT2D eigenvalue weighted by Crippen LogP contribution is 2.18. The normalized spacial score (nSPS) is 17.6. The maximum absolute atomic E-state index is 12.1. The maximum Gasteiger partial charge on any atom is 0.276 e. The molecule has 21 heavy (non-hydrogen) atoms. The molecule has 2 heterocycles. The van der Waals surface area contributed by atoms with Crippen LogP contribution in [-0.2, 0) is 21.5 Å². The van der Waals surface area contributed by atoms with Crippen molar-refractivity contribution in [1.29, 1.82) is 0 Å². The standard InChI is InChI=1S/C13H20N4O3S/c1-10-3-2-6-15-12(10)9-16-13(18)11-4-7-17(8-5-11)21(14,19)20/h2-3,6,11H,4-5,7-9H2,1H3,(H,16,18)(H2,14,19,20). The number of hydrogen-bond acceptors (Lipinski definition) is 4. The number of carbonyl (C=O) groups excluding carboxylic acids is 1. The van der Waals surface area contributed by atoms with Gasteiger partial charge in [0.2, 0.25) is 5.91 Å². The van der Waals surface area contributed by atoms with Crippen molar-refractivity contribution in [1.82, 2.24) is 14.6 Å². The number of pyridine rings is 1. The van der Waals surface area contributed by atoms with Crippen molar-refractivity contribution in [2.24, 2.45) is 11.1 Å². The predicted octanol–water partition coefficient (Wildman–Crippen LogP) is -0.0783. The van der Waals surface area contributed by atoms with Gasteiger partial charge in [-0.1, -0.05) is 6.07 Å². The lowest BCUT2D eigenvalue weighted by Crippen LogP contribution is -2.45. The molecule has 1 saturated heterocycles. The van der Waals surface area contributed by atoms with Crippen molar-refractivity contribution in [3.63, 3.8) is 0 Å². The molecule has 116 valence electrons. The molecule has 0 aromatic carbocycles. The summed E-state index contributed by atoms with van der Waals surface area (Å²) in [6.07, 6.45) is 2.67. The van der Waals surface area contributed by atoms with Gasteiger partial charge < -0.3 is 5.32 Å². The Morgan fingerprint density at radius 3 is 2.71 bits per heavy atom. The fourth-order valence-electron chi connectivity index (χ4n) is 2.39. The Hall–Kier alpha value is -1.51. The van der Waals surface area contributed by atoms with Crippen LogP contribution in [0.15, 0.2) is 18.3 Å². The summed E-state index contributed by atoms with van der Waals surface area (Å²) in [6.45, 7) is 2.92.